The first kappa shape index (κ1) is 16.7. The van der Waals surface area contributed by atoms with Crippen molar-refractivity contribution >= 4 is 34.1 Å². The average molecular weight is 365 g/mol. The minimum Gasteiger partial charge on any atom is -0.473 e. The maximum absolute atomic E-state index is 12.3. The van der Waals surface area contributed by atoms with Crippen LogP contribution in [0, 0.1) is 0 Å². The van der Waals surface area contributed by atoms with Crippen molar-refractivity contribution in [3.63, 3.8) is 0 Å². The summed E-state index contributed by atoms with van der Waals surface area (Å²) in [5, 5.41) is 12.2. The largest absolute Gasteiger partial charge is 0.473 e. The molecule has 5 nitrogen and oxygen atoms in total. The Labute approximate surface area is 155 Å². The summed E-state index contributed by atoms with van der Waals surface area (Å²) in [6.07, 6.45) is 6.92. The molecule has 0 atom stereocenters. The first-order valence-corrected chi connectivity index (χ1v) is 9.55. The molecule has 1 saturated heterocycles. The quantitative estimate of drug-likeness (QED) is 0.661. The fourth-order valence-corrected chi connectivity index (χ4v) is 3.70. The van der Waals surface area contributed by atoms with Crippen LogP contribution in [0.15, 0.2) is 54.1 Å². The molecule has 4 rings (SSSR count). The van der Waals surface area contributed by atoms with Gasteiger partial charge >= 0.3 is 0 Å². The molecule has 1 fully saturated rings. The Morgan fingerprint density at radius 3 is 2.85 bits per heavy atom. The number of amides is 1. The van der Waals surface area contributed by atoms with E-state index in [0.717, 1.165) is 28.5 Å². The van der Waals surface area contributed by atoms with Crippen LogP contribution >= 0.6 is 11.3 Å². The molecule has 3 heterocycles. The molecule has 0 radical (unpaired) electrons. The molecule has 6 heteroatoms. The van der Waals surface area contributed by atoms with Gasteiger partial charge in [0.2, 0.25) is 11.8 Å². The van der Waals surface area contributed by atoms with Crippen LogP contribution in [0.2, 0.25) is 0 Å². The molecule has 1 aliphatic heterocycles. The fraction of sp³-hybridized carbons (Fsp3) is 0.250. The Balaban J connectivity index is 1.35. The second-order valence-corrected chi connectivity index (χ2v) is 7.21. The third-order valence-corrected chi connectivity index (χ3v) is 5.34. The average Bonchev–Trinajstić information content (AvgIpc) is 3.21. The van der Waals surface area contributed by atoms with Crippen LogP contribution in [-0.4, -0.2) is 40.2 Å². The lowest BCUT2D eigenvalue weighted by Gasteiger charge is -2.31. The van der Waals surface area contributed by atoms with Crippen LogP contribution in [-0.2, 0) is 4.79 Å². The number of carbonyl (C=O) groups is 1. The van der Waals surface area contributed by atoms with Crippen molar-refractivity contribution in [2.45, 2.75) is 18.9 Å². The van der Waals surface area contributed by atoms with E-state index in [1.807, 2.05) is 52.8 Å². The Kier molecular flexibility index (Phi) is 4.93. The Morgan fingerprint density at radius 1 is 1.19 bits per heavy atom. The zero-order chi connectivity index (χ0) is 17.8. The first-order valence-electron chi connectivity index (χ1n) is 8.67. The lowest BCUT2D eigenvalue weighted by Crippen LogP contribution is -2.41. The van der Waals surface area contributed by atoms with Gasteiger partial charge in [0.05, 0.1) is 6.20 Å². The highest BCUT2D eigenvalue weighted by molar-refractivity contribution is 7.10. The summed E-state index contributed by atoms with van der Waals surface area (Å²) in [6.45, 7) is 1.38. The molecule has 0 unspecified atom stereocenters. The van der Waals surface area contributed by atoms with Crippen LogP contribution in [0.5, 0.6) is 5.88 Å². The van der Waals surface area contributed by atoms with Crippen molar-refractivity contribution in [3.8, 4) is 5.88 Å². The summed E-state index contributed by atoms with van der Waals surface area (Å²) in [5.74, 6) is 0.632. The number of hydrogen-bond acceptors (Lipinski definition) is 5. The summed E-state index contributed by atoms with van der Waals surface area (Å²) in [7, 11) is 0. The van der Waals surface area contributed by atoms with Crippen molar-refractivity contribution in [1.82, 2.24) is 15.1 Å². The normalized spacial score (nSPS) is 15.6. The van der Waals surface area contributed by atoms with Gasteiger partial charge in [-0.15, -0.1) is 16.4 Å². The van der Waals surface area contributed by atoms with E-state index in [2.05, 4.69) is 10.2 Å². The van der Waals surface area contributed by atoms with Gasteiger partial charge in [-0.1, -0.05) is 24.3 Å². The lowest BCUT2D eigenvalue weighted by atomic mass is 10.1. The van der Waals surface area contributed by atoms with E-state index in [4.69, 9.17) is 4.74 Å². The predicted molar refractivity (Wildman–Crippen MR) is 103 cm³/mol. The standard InChI is InChI=1S/C20H19N3O2S/c24-19(8-7-17-5-3-13-26-17)23-11-9-16(10-12-23)25-20-18-6-2-1-4-15(18)14-21-22-20/h1-8,13-14,16H,9-12H2/b8-7+. The highest BCUT2D eigenvalue weighted by atomic mass is 32.1. The molecular formula is C20H19N3O2S. The van der Waals surface area contributed by atoms with Crippen molar-refractivity contribution in [2.75, 3.05) is 13.1 Å². The van der Waals surface area contributed by atoms with Gasteiger partial charge in [-0.25, -0.2) is 0 Å². The molecule has 0 aliphatic carbocycles. The van der Waals surface area contributed by atoms with Crippen molar-refractivity contribution in [1.29, 1.82) is 0 Å². The van der Waals surface area contributed by atoms with E-state index in [1.165, 1.54) is 0 Å². The highest BCUT2D eigenvalue weighted by Gasteiger charge is 2.23. The Bertz CT molecular complexity index is 910. The van der Waals surface area contributed by atoms with Crippen LogP contribution < -0.4 is 4.74 Å². The third-order valence-electron chi connectivity index (χ3n) is 4.50. The van der Waals surface area contributed by atoms with Crippen LogP contribution in [0.4, 0.5) is 0 Å². The molecular weight excluding hydrogens is 346 g/mol. The van der Waals surface area contributed by atoms with Crippen LogP contribution in [0.25, 0.3) is 16.8 Å². The number of hydrogen-bond donors (Lipinski definition) is 0. The molecule has 0 bridgehead atoms. The number of nitrogens with zero attached hydrogens (tertiary/aromatic N) is 3. The van der Waals surface area contributed by atoms with Gasteiger partial charge in [0.1, 0.15) is 6.10 Å². The number of aromatic nitrogens is 2. The van der Waals surface area contributed by atoms with Gasteiger partial charge in [-0.3, -0.25) is 4.79 Å². The SMILES string of the molecule is O=C(/C=C/c1cccs1)N1CCC(Oc2nncc3ccccc23)CC1. The molecule has 3 aromatic rings. The zero-order valence-corrected chi connectivity index (χ0v) is 15.1. The van der Waals surface area contributed by atoms with E-state index < -0.39 is 0 Å². The van der Waals surface area contributed by atoms with Crippen molar-refractivity contribution in [3.05, 3.63) is 58.9 Å². The smallest absolute Gasteiger partial charge is 0.246 e. The van der Waals surface area contributed by atoms with Crippen molar-refractivity contribution in [2.24, 2.45) is 0 Å². The molecule has 0 saturated carbocycles. The maximum Gasteiger partial charge on any atom is 0.246 e. The van der Waals surface area contributed by atoms with Gasteiger partial charge in [0.25, 0.3) is 0 Å². The van der Waals surface area contributed by atoms with E-state index in [9.17, 15) is 4.79 Å². The highest BCUT2D eigenvalue weighted by Crippen LogP contribution is 2.25. The number of benzene rings is 1. The summed E-state index contributed by atoms with van der Waals surface area (Å²) >= 11 is 1.62. The number of fused-ring (bicyclic) bond motifs is 1. The monoisotopic (exact) mass is 365 g/mol. The first-order chi connectivity index (χ1) is 12.8. The van der Waals surface area contributed by atoms with E-state index in [0.29, 0.717) is 19.0 Å². The van der Waals surface area contributed by atoms with Gasteiger partial charge < -0.3 is 9.64 Å². The molecule has 0 spiro atoms. The fourth-order valence-electron chi connectivity index (χ4n) is 3.09. The number of ether oxygens (including phenoxy) is 1. The molecule has 1 aromatic carbocycles. The topological polar surface area (TPSA) is 55.3 Å². The molecule has 2 aromatic heterocycles. The Hall–Kier alpha value is -2.73. The molecule has 0 N–H and O–H groups in total. The summed E-state index contributed by atoms with van der Waals surface area (Å²) < 4.78 is 6.09. The summed E-state index contributed by atoms with van der Waals surface area (Å²) in [4.78, 5) is 15.3. The molecule has 26 heavy (non-hydrogen) atoms. The number of carbonyl (C=O) groups excluding carboxylic acids is 1. The van der Waals surface area contributed by atoms with Gasteiger partial charge in [-0.2, -0.15) is 5.10 Å². The number of rotatable bonds is 4. The summed E-state index contributed by atoms with van der Waals surface area (Å²) in [6, 6.07) is 11.9. The number of thiophene rings is 1. The molecule has 1 amide bonds. The Morgan fingerprint density at radius 2 is 2.04 bits per heavy atom. The second-order valence-electron chi connectivity index (χ2n) is 6.23. The van der Waals surface area contributed by atoms with Gasteiger partial charge in [-0.05, 0) is 23.6 Å². The van der Waals surface area contributed by atoms with Gasteiger partial charge in [0, 0.05) is 47.7 Å². The predicted octanol–water partition coefficient (Wildman–Crippen LogP) is 3.77. The summed E-state index contributed by atoms with van der Waals surface area (Å²) in [5.41, 5.74) is 0. The van der Waals surface area contributed by atoms with Gasteiger partial charge in [0.15, 0.2) is 0 Å². The lowest BCUT2D eigenvalue weighted by molar-refractivity contribution is -0.127. The molecule has 1 aliphatic rings. The van der Waals surface area contributed by atoms with Crippen LogP contribution in [0.1, 0.15) is 17.7 Å². The van der Waals surface area contributed by atoms with Crippen LogP contribution in [0.3, 0.4) is 0 Å². The molecule has 132 valence electrons. The minimum absolute atomic E-state index is 0.0560. The second kappa shape index (κ2) is 7.66. The number of piperidine rings is 1. The van der Waals surface area contributed by atoms with E-state index >= 15 is 0 Å². The minimum atomic E-state index is 0.0560. The maximum atomic E-state index is 12.3. The zero-order valence-electron chi connectivity index (χ0n) is 14.2. The van der Waals surface area contributed by atoms with E-state index in [-0.39, 0.29) is 12.0 Å². The van der Waals surface area contributed by atoms with Crippen molar-refractivity contribution < 1.29 is 9.53 Å². The number of likely N-dealkylation sites (tertiary alicyclic amines) is 1. The van der Waals surface area contributed by atoms with E-state index in [1.54, 1.807) is 23.6 Å². The third kappa shape index (κ3) is 3.75.